The highest BCUT2D eigenvalue weighted by atomic mass is 19.4. The van der Waals surface area contributed by atoms with E-state index in [9.17, 15) is 18.0 Å². The molecular weight excluding hydrogens is 331 g/mol. The van der Waals surface area contributed by atoms with Crippen molar-refractivity contribution in [3.63, 3.8) is 0 Å². The van der Waals surface area contributed by atoms with Crippen molar-refractivity contribution < 1.29 is 18.0 Å². The largest absolute Gasteiger partial charge is 0.416 e. The quantitative estimate of drug-likeness (QED) is 0.887. The molecule has 0 spiro atoms. The Kier molecular flexibility index (Phi) is 4.83. The minimum absolute atomic E-state index is 0.168. The molecule has 2 aromatic rings. The zero-order valence-corrected chi connectivity index (χ0v) is 13.5. The number of hydrogen-bond acceptors (Lipinski definition) is 2. The maximum absolute atomic E-state index is 12.6. The van der Waals surface area contributed by atoms with Crippen molar-refractivity contribution >= 4 is 17.4 Å². The van der Waals surface area contributed by atoms with Crippen LogP contribution < -0.4 is 10.2 Å². The van der Waals surface area contributed by atoms with Gasteiger partial charge in [0, 0.05) is 37.6 Å². The van der Waals surface area contributed by atoms with Crippen LogP contribution in [0.2, 0.25) is 0 Å². The molecule has 3 rings (SSSR count). The number of alkyl halides is 3. The van der Waals surface area contributed by atoms with Gasteiger partial charge in [0.1, 0.15) is 0 Å². The average molecular weight is 349 g/mol. The first-order valence-corrected chi connectivity index (χ1v) is 7.97. The zero-order chi connectivity index (χ0) is 17.9. The van der Waals surface area contributed by atoms with Crippen LogP contribution in [0, 0.1) is 0 Å². The summed E-state index contributed by atoms with van der Waals surface area (Å²) in [5.74, 6) is 0. The Hall–Kier alpha value is -2.70. The number of benzene rings is 2. The predicted octanol–water partition coefficient (Wildman–Crippen LogP) is 4.06. The molecule has 25 heavy (non-hydrogen) atoms. The maximum atomic E-state index is 12.6. The van der Waals surface area contributed by atoms with Crippen LogP contribution in [-0.2, 0) is 6.18 Å². The lowest BCUT2D eigenvalue weighted by atomic mass is 10.1. The van der Waals surface area contributed by atoms with Crippen molar-refractivity contribution in [2.45, 2.75) is 6.18 Å². The normalized spacial score (nSPS) is 15.2. The smallest absolute Gasteiger partial charge is 0.368 e. The first-order chi connectivity index (χ1) is 11.9. The van der Waals surface area contributed by atoms with Crippen LogP contribution in [0.3, 0.4) is 0 Å². The van der Waals surface area contributed by atoms with Crippen molar-refractivity contribution in [1.29, 1.82) is 0 Å². The minimum Gasteiger partial charge on any atom is -0.368 e. The van der Waals surface area contributed by atoms with Crippen molar-refractivity contribution in [3.05, 3.63) is 60.2 Å². The maximum Gasteiger partial charge on any atom is 0.416 e. The molecule has 1 N–H and O–H groups in total. The SMILES string of the molecule is O=C(Nc1ccccc1)N1CCN(c2ccc(C(F)(F)F)cc2)CC1. The highest BCUT2D eigenvalue weighted by molar-refractivity contribution is 5.89. The van der Waals surface area contributed by atoms with Gasteiger partial charge in [0.15, 0.2) is 0 Å². The molecule has 1 fully saturated rings. The number of halogens is 3. The van der Waals surface area contributed by atoms with Crippen molar-refractivity contribution in [2.75, 3.05) is 36.4 Å². The van der Waals surface area contributed by atoms with Crippen molar-refractivity contribution in [3.8, 4) is 0 Å². The standard InChI is InChI=1S/C18H18F3N3O/c19-18(20,21)14-6-8-16(9-7-14)23-10-12-24(13-11-23)17(25)22-15-4-2-1-3-5-15/h1-9H,10-13H2,(H,22,25). The highest BCUT2D eigenvalue weighted by Gasteiger charge is 2.30. The molecule has 4 nitrogen and oxygen atoms in total. The number of piperazine rings is 1. The third-order valence-corrected chi connectivity index (χ3v) is 4.15. The van der Waals surface area contributed by atoms with Crippen LogP contribution >= 0.6 is 0 Å². The van der Waals surface area contributed by atoms with E-state index in [1.165, 1.54) is 12.1 Å². The molecule has 1 heterocycles. The van der Waals surface area contributed by atoms with Crippen LogP contribution in [0.15, 0.2) is 54.6 Å². The molecular formula is C18H18F3N3O. The van der Waals surface area contributed by atoms with Crippen LogP contribution in [0.25, 0.3) is 0 Å². The fourth-order valence-corrected chi connectivity index (χ4v) is 2.75. The number of urea groups is 1. The number of anilines is 2. The van der Waals surface area contributed by atoms with E-state index >= 15 is 0 Å². The number of hydrogen-bond donors (Lipinski definition) is 1. The minimum atomic E-state index is -4.33. The molecule has 0 atom stereocenters. The first-order valence-electron chi connectivity index (χ1n) is 7.97. The van der Waals surface area contributed by atoms with Gasteiger partial charge in [-0.3, -0.25) is 0 Å². The van der Waals surface area contributed by atoms with E-state index in [1.54, 1.807) is 4.90 Å². The molecule has 0 bridgehead atoms. The molecule has 7 heteroatoms. The van der Waals surface area contributed by atoms with Gasteiger partial charge in [-0.05, 0) is 36.4 Å². The molecule has 0 aliphatic carbocycles. The Morgan fingerprint density at radius 3 is 2.04 bits per heavy atom. The number of rotatable bonds is 2. The molecule has 132 valence electrons. The topological polar surface area (TPSA) is 35.6 Å². The Morgan fingerprint density at radius 2 is 1.48 bits per heavy atom. The molecule has 0 saturated carbocycles. The van der Waals surface area contributed by atoms with E-state index in [0.29, 0.717) is 26.2 Å². The molecule has 0 radical (unpaired) electrons. The van der Waals surface area contributed by atoms with Gasteiger partial charge >= 0.3 is 12.2 Å². The van der Waals surface area contributed by atoms with Gasteiger partial charge in [-0.1, -0.05) is 18.2 Å². The van der Waals surface area contributed by atoms with Crippen molar-refractivity contribution in [2.24, 2.45) is 0 Å². The summed E-state index contributed by atoms with van der Waals surface area (Å²) in [5.41, 5.74) is 0.811. The summed E-state index contributed by atoms with van der Waals surface area (Å²) in [6, 6.07) is 14.2. The number of para-hydroxylation sites is 1. The number of nitrogens with one attached hydrogen (secondary N) is 1. The van der Waals surface area contributed by atoms with E-state index < -0.39 is 11.7 Å². The lowest BCUT2D eigenvalue weighted by Crippen LogP contribution is -2.50. The van der Waals surface area contributed by atoms with Gasteiger partial charge in [-0.2, -0.15) is 13.2 Å². The van der Waals surface area contributed by atoms with Gasteiger partial charge < -0.3 is 15.1 Å². The van der Waals surface area contributed by atoms with Gasteiger partial charge in [-0.15, -0.1) is 0 Å². The van der Waals surface area contributed by atoms with E-state index in [2.05, 4.69) is 5.32 Å². The van der Waals surface area contributed by atoms with Crippen LogP contribution in [0.1, 0.15) is 5.56 Å². The second-order valence-corrected chi connectivity index (χ2v) is 5.81. The summed E-state index contributed by atoms with van der Waals surface area (Å²) in [4.78, 5) is 15.9. The number of carbonyl (C=O) groups excluding carboxylic acids is 1. The fourth-order valence-electron chi connectivity index (χ4n) is 2.75. The molecule has 2 amide bonds. The van der Waals surface area contributed by atoms with E-state index in [0.717, 1.165) is 23.5 Å². The highest BCUT2D eigenvalue weighted by Crippen LogP contribution is 2.30. The third kappa shape index (κ3) is 4.23. The molecule has 2 aromatic carbocycles. The molecule has 1 saturated heterocycles. The van der Waals surface area contributed by atoms with Gasteiger partial charge in [0.2, 0.25) is 0 Å². The van der Waals surface area contributed by atoms with E-state index in [-0.39, 0.29) is 6.03 Å². The lowest BCUT2D eigenvalue weighted by Gasteiger charge is -2.36. The number of nitrogens with zero attached hydrogens (tertiary/aromatic N) is 2. The third-order valence-electron chi connectivity index (χ3n) is 4.15. The summed E-state index contributed by atoms with van der Waals surface area (Å²) in [7, 11) is 0. The Bertz CT molecular complexity index is 709. The average Bonchev–Trinajstić information content (AvgIpc) is 2.62. The van der Waals surface area contributed by atoms with E-state index in [1.807, 2.05) is 35.2 Å². The Labute approximate surface area is 143 Å². The van der Waals surface area contributed by atoms with Gasteiger partial charge in [0.05, 0.1) is 5.56 Å². The second-order valence-electron chi connectivity index (χ2n) is 5.81. The Morgan fingerprint density at radius 1 is 0.880 bits per heavy atom. The van der Waals surface area contributed by atoms with Crippen LogP contribution in [0.4, 0.5) is 29.3 Å². The van der Waals surface area contributed by atoms with Gasteiger partial charge in [-0.25, -0.2) is 4.79 Å². The monoisotopic (exact) mass is 349 g/mol. The lowest BCUT2D eigenvalue weighted by molar-refractivity contribution is -0.137. The molecule has 0 unspecified atom stereocenters. The Balaban J connectivity index is 1.55. The van der Waals surface area contributed by atoms with Crippen LogP contribution in [-0.4, -0.2) is 37.1 Å². The zero-order valence-electron chi connectivity index (χ0n) is 13.5. The molecule has 1 aliphatic rings. The fraction of sp³-hybridized carbons (Fsp3) is 0.278. The summed E-state index contributed by atoms with van der Waals surface area (Å²) in [6.07, 6.45) is -4.33. The second kappa shape index (κ2) is 7.04. The molecule has 1 aliphatic heterocycles. The summed E-state index contributed by atoms with van der Waals surface area (Å²) >= 11 is 0. The van der Waals surface area contributed by atoms with Gasteiger partial charge in [0.25, 0.3) is 0 Å². The predicted molar refractivity (Wildman–Crippen MR) is 90.7 cm³/mol. The summed E-state index contributed by atoms with van der Waals surface area (Å²) in [6.45, 7) is 2.18. The summed E-state index contributed by atoms with van der Waals surface area (Å²) < 4.78 is 37.8. The number of amides is 2. The van der Waals surface area contributed by atoms with Crippen molar-refractivity contribution in [1.82, 2.24) is 4.90 Å². The molecule has 0 aromatic heterocycles. The number of carbonyl (C=O) groups is 1. The first kappa shape index (κ1) is 17.1. The van der Waals surface area contributed by atoms with E-state index in [4.69, 9.17) is 0 Å². The summed E-state index contributed by atoms with van der Waals surface area (Å²) in [5, 5.41) is 2.83. The van der Waals surface area contributed by atoms with Crippen LogP contribution in [0.5, 0.6) is 0 Å².